The molecule has 0 radical (unpaired) electrons. The van der Waals surface area contributed by atoms with Crippen molar-refractivity contribution in [2.24, 2.45) is 0 Å². The van der Waals surface area contributed by atoms with Crippen LogP contribution in [0.25, 0.3) is 0 Å². The van der Waals surface area contributed by atoms with Crippen molar-refractivity contribution in [3.05, 3.63) is 47.1 Å². The number of thioether (sulfide) groups is 1. The predicted molar refractivity (Wildman–Crippen MR) is 77.1 cm³/mol. The molecule has 1 heterocycles. The molecule has 0 spiro atoms. The first-order valence-electron chi connectivity index (χ1n) is 5.53. The van der Waals surface area contributed by atoms with Crippen LogP contribution in [-0.4, -0.2) is 28.8 Å². The van der Waals surface area contributed by atoms with Crippen LogP contribution in [0.4, 0.5) is 0 Å². The third-order valence-electron chi connectivity index (χ3n) is 2.57. The topological polar surface area (TPSA) is 29.5 Å². The second-order valence-electron chi connectivity index (χ2n) is 3.78. The molecule has 2 rings (SSSR count). The Bertz CT molecular complexity index is 485. The molecule has 1 aromatic carbocycles. The fraction of sp³-hybridized carbons (Fsp3) is 0.231. The average Bonchev–Trinajstić information content (AvgIpc) is 2.64. The largest absolute Gasteiger partial charge is 0.503 e. The van der Waals surface area contributed by atoms with Crippen LogP contribution in [-0.2, 0) is 16.0 Å². The van der Waals surface area contributed by atoms with Crippen LogP contribution < -0.4 is 0 Å². The second kappa shape index (κ2) is 6.02. The van der Waals surface area contributed by atoms with E-state index in [4.69, 9.17) is 17.0 Å². The highest BCUT2D eigenvalue weighted by atomic mass is 32.2. The number of ether oxygens (including phenoxy) is 1. The molecule has 1 aromatic rings. The maximum absolute atomic E-state index is 12.0. The highest BCUT2D eigenvalue weighted by Crippen LogP contribution is 2.30. The predicted octanol–water partition coefficient (Wildman–Crippen LogP) is 2.58. The Morgan fingerprint density at radius 2 is 2.11 bits per heavy atom. The average molecular weight is 279 g/mol. The first-order valence-corrected chi connectivity index (χ1v) is 6.75. The van der Waals surface area contributed by atoms with Gasteiger partial charge in [-0.2, -0.15) is 0 Å². The zero-order chi connectivity index (χ0) is 13.0. The fourth-order valence-electron chi connectivity index (χ4n) is 1.67. The molecule has 0 N–H and O–H groups in total. The molecule has 0 aliphatic carbocycles. The Labute approximate surface area is 116 Å². The number of hydrogen-bond donors (Lipinski definition) is 0. The normalized spacial score (nSPS) is 17.6. The third kappa shape index (κ3) is 2.91. The number of nitrogens with zero attached hydrogens (tertiary/aromatic N) is 1. The van der Waals surface area contributed by atoms with E-state index in [-0.39, 0.29) is 5.91 Å². The number of carbonyl (C=O) groups excluding carboxylic acids is 1. The summed E-state index contributed by atoms with van der Waals surface area (Å²) in [5, 5.41) is 0. The number of thiocarbonyl (C=S) groups is 1. The standard InChI is InChI=1S/C13H13NO2S2/c1-16-9-11-12(15)14(13(17)18-11)8-7-10-5-3-2-4-6-10/h2-6,9H,7-8H2,1H3/b11-9-. The van der Waals surface area contributed by atoms with Gasteiger partial charge in [-0.1, -0.05) is 54.3 Å². The van der Waals surface area contributed by atoms with Crippen molar-refractivity contribution in [1.82, 2.24) is 4.90 Å². The summed E-state index contributed by atoms with van der Waals surface area (Å²) in [5.74, 6) is -0.0669. The Morgan fingerprint density at radius 3 is 2.78 bits per heavy atom. The Kier molecular flexibility index (Phi) is 4.38. The number of amides is 1. The van der Waals surface area contributed by atoms with Crippen LogP contribution in [0, 0.1) is 0 Å². The highest BCUT2D eigenvalue weighted by molar-refractivity contribution is 8.26. The van der Waals surface area contributed by atoms with Crippen molar-refractivity contribution in [2.45, 2.75) is 6.42 Å². The van der Waals surface area contributed by atoms with Crippen LogP contribution >= 0.6 is 24.0 Å². The molecule has 3 nitrogen and oxygen atoms in total. The van der Waals surface area contributed by atoms with Crippen molar-refractivity contribution in [1.29, 1.82) is 0 Å². The lowest BCUT2D eigenvalue weighted by atomic mass is 10.1. The molecular weight excluding hydrogens is 266 g/mol. The van der Waals surface area contributed by atoms with Crippen molar-refractivity contribution < 1.29 is 9.53 Å². The number of rotatable bonds is 4. The minimum atomic E-state index is -0.0669. The van der Waals surface area contributed by atoms with E-state index < -0.39 is 0 Å². The quantitative estimate of drug-likeness (QED) is 0.481. The van der Waals surface area contributed by atoms with E-state index in [2.05, 4.69) is 0 Å². The molecule has 18 heavy (non-hydrogen) atoms. The lowest BCUT2D eigenvalue weighted by Gasteiger charge is -2.14. The van der Waals surface area contributed by atoms with Crippen LogP contribution in [0.2, 0.25) is 0 Å². The molecule has 1 amide bonds. The SMILES string of the molecule is CO/C=C1\SC(=S)N(CCc2ccccc2)C1=O. The van der Waals surface area contributed by atoms with Crippen molar-refractivity contribution >= 4 is 34.2 Å². The van der Waals surface area contributed by atoms with E-state index in [1.165, 1.54) is 30.7 Å². The van der Waals surface area contributed by atoms with E-state index in [1.807, 2.05) is 30.3 Å². The molecule has 0 saturated carbocycles. The van der Waals surface area contributed by atoms with Crippen LogP contribution in [0.1, 0.15) is 5.56 Å². The first kappa shape index (κ1) is 13.1. The Hall–Kier alpha value is -1.33. The summed E-state index contributed by atoms with van der Waals surface area (Å²) in [4.78, 5) is 14.2. The second-order valence-corrected chi connectivity index (χ2v) is 5.45. The summed E-state index contributed by atoms with van der Waals surface area (Å²) in [6.07, 6.45) is 2.25. The summed E-state index contributed by atoms with van der Waals surface area (Å²) in [6.45, 7) is 0.607. The zero-order valence-corrected chi connectivity index (χ0v) is 11.6. The van der Waals surface area contributed by atoms with Crippen LogP contribution in [0.5, 0.6) is 0 Å². The first-order chi connectivity index (χ1) is 8.72. The van der Waals surface area contributed by atoms with Crippen LogP contribution in [0.15, 0.2) is 41.5 Å². The van der Waals surface area contributed by atoms with Crippen LogP contribution in [0.3, 0.4) is 0 Å². The van der Waals surface area contributed by atoms with Gasteiger partial charge in [-0.15, -0.1) is 0 Å². The van der Waals surface area contributed by atoms with E-state index in [1.54, 1.807) is 4.90 Å². The monoisotopic (exact) mass is 279 g/mol. The maximum Gasteiger partial charge on any atom is 0.269 e. The molecule has 5 heteroatoms. The van der Waals surface area contributed by atoms with Gasteiger partial charge in [-0.05, 0) is 12.0 Å². The van der Waals surface area contributed by atoms with Gasteiger partial charge in [0.25, 0.3) is 5.91 Å². The molecule has 0 unspecified atom stereocenters. The van der Waals surface area contributed by atoms with Gasteiger partial charge in [0.2, 0.25) is 0 Å². The van der Waals surface area contributed by atoms with E-state index in [0.717, 1.165) is 6.42 Å². The molecule has 0 bridgehead atoms. The summed E-state index contributed by atoms with van der Waals surface area (Å²) in [5.41, 5.74) is 1.20. The van der Waals surface area contributed by atoms with Gasteiger partial charge in [0, 0.05) is 6.54 Å². The lowest BCUT2D eigenvalue weighted by Crippen LogP contribution is -2.30. The minimum Gasteiger partial charge on any atom is -0.503 e. The smallest absolute Gasteiger partial charge is 0.269 e. The summed E-state index contributed by atoms with van der Waals surface area (Å²) in [6, 6.07) is 10.0. The molecule has 0 aromatic heterocycles. The van der Waals surface area contributed by atoms with Gasteiger partial charge >= 0.3 is 0 Å². The van der Waals surface area contributed by atoms with Gasteiger partial charge < -0.3 is 4.74 Å². The number of carbonyl (C=O) groups is 1. The molecule has 1 saturated heterocycles. The molecule has 94 valence electrons. The van der Waals surface area contributed by atoms with Gasteiger partial charge in [-0.25, -0.2) is 0 Å². The number of benzene rings is 1. The van der Waals surface area contributed by atoms with Gasteiger partial charge in [0.1, 0.15) is 15.5 Å². The summed E-state index contributed by atoms with van der Waals surface area (Å²) in [7, 11) is 1.52. The highest BCUT2D eigenvalue weighted by Gasteiger charge is 2.31. The molecule has 0 atom stereocenters. The number of hydrogen-bond acceptors (Lipinski definition) is 4. The minimum absolute atomic E-state index is 0.0669. The Morgan fingerprint density at radius 1 is 1.39 bits per heavy atom. The maximum atomic E-state index is 12.0. The Balaban J connectivity index is 2.00. The summed E-state index contributed by atoms with van der Waals surface area (Å²) < 4.78 is 5.46. The fourth-order valence-corrected chi connectivity index (χ4v) is 2.93. The zero-order valence-electron chi connectivity index (χ0n) is 9.96. The van der Waals surface area contributed by atoms with E-state index in [0.29, 0.717) is 15.8 Å². The lowest BCUT2D eigenvalue weighted by molar-refractivity contribution is -0.122. The van der Waals surface area contributed by atoms with Crippen molar-refractivity contribution in [3.63, 3.8) is 0 Å². The summed E-state index contributed by atoms with van der Waals surface area (Å²) >= 11 is 6.48. The molecular formula is C13H13NO2S2. The van der Waals surface area contributed by atoms with Crippen molar-refractivity contribution in [3.8, 4) is 0 Å². The number of methoxy groups -OCH3 is 1. The van der Waals surface area contributed by atoms with Gasteiger partial charge in [0.05, 0.1) is 7.11 Å². The van der Waals surface area contributed by atoms with E-state index >= 15 is 0 Å². The molecule has 1 aliphatic rings. The third-order valence-corrected chi connectivity index (χ3v) is 3.92. The van der Waals surface area contributed by atoms with Gasteiger partial charge in [-0.3, -0.25) is 9.69 Å². The molecule has 1 fully saturated rings. The van der Waals surface area contributed by atoms with Gasteiger partial charge in [0.15, 0.2) is 0 Å². The molecule has 1 aliphatic heterocycles. The van der Waals surface area contributed by atoms with Crippen molar-refractivity contribution in [2.75, 3.05) is 13.7 Å². The van der Waals surface area contributed by atoms with E-state index in [9.17, 15) is 4.79 Å².